The average molecular weight is 599 g/mol. The van der Waals surface area contributed by atoms with E-state index in [0.717, 1.165) is 28.6 Å². The molecule has 0 saturated heterocycles. The fourth-order valence-electron chi connectivity index (χ4n) is 3.92. The number of nitrogen functional groups attached to an aromatic ring is 1. The van der Waals surface area contributed by atoms with E-state index in [-0.39, 0.29) is 18.3 Å². The highest BCUT2D eigenvalue weighted by Crippen LogP contribution is 2.22. The fourth-order valence-corrected chi connectivity index (χ4v) is 3.92. The Morgan fingerprint density at radius 2 is 1.40 bits per heavy atom. The summed E-state index contributed by atoms with van der Waals surface area (Å²) in [5, 5.41) is 4.52. The number of hydrazine groups is 1. The van der Waals surface area contributed by atoms with Gasteiger partial charge in [0.05, 0.1) is 18.0 Å². The van der Waals surface area contributed by atoms with Crippen LogP contribution in [0.4, 0.5) is 5.69 Å². The minimum Gasteiger partial charge on any atom is -0.481 e. The van der Waals surface area contributed by atoms with Gasteiger partial charge in [-0.15, -0.1) is 12.4 Å². The molecule has 224 valence electrons. The standard InChI is InChI=1S/C16H15N3.C11H13NO2.C7H10N2.ClH/c1-12-8-6-7-11-15(12)19-16(17-13(2)18-19)14-9-4-3-5-10-14;1-3-14-9(2)12-11(13)10-7-5-4-6-8-10;1-6-4-2-3-5-7(6)9-8;/h3-11H,1-2H3;4-8H,3H2,1-2H3;2-5,9H,8H2,1H3;1H. The van der Waals surface area contributed by atoms with Gasteiger partial charge in [-0.25, -0.2) is 9.67 Å². The number of aliphatic imine (C=N–C) groups is 1. The zero-order chi connectivity index (χ0) is 30.3. The number of nitrogens with zero attached hydrogens (tertiary/aromatic N) is 4. The molecule has 3 N–H and O–H groups in total. The van der Waals surface area contributed by atoms with Crippen molar-refractivity contribution in [3.63, 3.8) is 0 Å². The lowest BCUT2D eigenvalue weighted by molar-refractivity contribution is 0.0999. The largest absolute Gasteiger partial charge is 0.481 e. The third-order valence-electron chi connectivity index (χ3n) is 6.02. The molecule has 1 aromatic heterocycles. The summed E-state index contributed by atoms with van der Waals surface area (Å²) in [6, 6.07) is 35.1. The SMILES string of the molecule is CCOC(C)=NC(=O)c1ccccc1.Cc1ccccc1NN.Cc1nc(-c2ccccc2)n(-c2ccccc2C)n1.Cl. The summed E-state index contributed by atoms with van der Waals surface area (Å²) in [4.78, 5) is 19.8. The maximum atomic E-state index is 11.5. The first-order chi connectivity index (χ1) is 20.3. The second-order valence-electron chi connectivity index (χ2n) is 9.24. The number of rotatable bonds is 5. The van der Waals surface area contributed by atoms with Crippen LogP contribution in [-0.4, -0.2) is 33.2 Å². The van der Waals surface area contributed by atoms with E-state index in [1.165, 1.54) is 11.1 Å². The number of anilines is 1. The number of benzene rings is 4. The van der Waals surface area contributed by atoms with Crippen LogP contribution in [0.1, 0.15) is 41.2 Å². The number of nitrogens with one attached hydrogen (secondary N) is 1. The van der Waals surface area contributed by atoms with Crippen molar-refractivity contribution in [3.05, 3.63) is 132 Å². The molecule has 0 aliphatic rings. The van der Waals surface area contributed by atoms with Gasteiger partial charge in [0.15, 0.2) is 11.7 Å². The average Bonchev–Trinajstić information content (AvgIpc) is 3.40. The monoisotopic (exact) mass is 598 g/mol. The van der Waals surface area contributed by atoms with Gasteiger partial charge in [-0.1, -0.05) is 84.9 Å². The summed E-state index contributed by atoms with van der Waals surface area (Å²) >= 11 is 0. The quantitative estimate of drug-likeness (QED) is 0.0936. The van der Waals surface area contributed by atoms with Gasteiger partial charge in [-0.2, -0.15) is 10.1 Å². The van der Waals surface area contributed by atoms with E-state index in [0.29, 0.717) is 18.1 Å². The van der Waals surface area contributed by atoms with Gasteiger partial charge < -0.3 is 10.2 Å². The van der Waals surface area contributed by atoms with Crippen LogP contribution in [0, 0.1) is 20.8 Å². The van der Waals surface area contributed by atoms with Crippen molar-refractivity contribution in [1.29, 1.82) is 0 Å². The summed E-state index contributed by atoms with van der Waals surface area (Å²) in [5.74, 6) is 7.00. The van der Waals surface area contributed by atoms with Crippen LogP contribution in [0.3, 0.4) is 0 Å². The Bertz CT molecular complexity index is 1590. The van der Waals surface area contributed by atoms with Gasteiger partial charge in [0.2, 0.25) is 0 Å². The van der Waals surface area contributed by atoms with Crippen molar-refractivity contribution >= 4 is 29.9 Å². The zero-order valence-electron chi connectivity index (χ0n) is 25.2. The van der Waals surface area contributed by atoms with Crippen LogP contribution in [0.15, 0.2) is 114 Å². The molecule has 1 amide bonds. The number of aryl methyl sites for hydroxylation is 3. The van der Waals surface area contributed by atoms with E-state index in [4.69, 9.17) is 10.6 Å². The van der Waals surface area contributed by atoms with Crippen LogP contribution in [-0.2, 0) is 4.74 Å². The number of aromatic nitrogens is 3. The molecule has 0 bridgehead atoms. The fraction of sp³-hybridized carbons (Fsp3) is 0.176. The highest BCUT2D eigenvalue weighted by Gasteiger charge is 2.12. The van der Waals surface area contributed by atoms with Crippen LogP contribution in [0.5, 0.6) is 0 Å². The number of para-hydroxylation sites is 2. The highest BCUT2D eigenvalue weighted by atomic mass is 35.5. The Hall–Kier alpha value is -4.79. The second-order valence-corrected chi connectivity index (χ2v) is 9.24. The predicted octanol–water partition coefficient (Wildman–Crippen LogP) is 7.54. The number of amides is 1. The molecule has 0 aliphatic carbocycles. The van der Waals surface area contributed by atoms with Crippen LogP contribution in [0.2, 0.25) is 0 Å². The van der Waals surface area contributed by atoms with E-state index < -0.39 is 0 Å². The molecule has 0 radical (unpaired) electrons. The van der Waals surface area contributed by atoms with Gasteiger partial charge in [0.25, 0.3) is 5.91 Å². The summed E-state index contributed by atoms with van der Waals surface area (Å²) in [5.41, 5.74) is 8.65. The van der Waals surface area contributed by atoms with Gasteiger partial charge in [0, 0.05) is 18.1 Å². The van der Waals surface area contributed by atoms with Crippen LogP contribution in [0.25, 0.3) is 17.1 Å². The van der Waals surface area contributed by atoms with Gasteiger partial charge in [-0.05, 0) is 63.1 Å². The molecule has 9 heteroatoms. The van der Waals surface area contributed by atoms with E-state index in [1.54, 1.807) is 31.2 Å². The lowest BCUT2D eigenvalue weighted by Gasteiger charge is -2.08. The summed E-state index contributed by atoms with van der Waals surface area (Å²) < 4.78 is 6.98. The first kappa shape index (κ1) is 34.4. The third-order valence-corrected chi connectivity index (χ3v) is 6.02. The number of carbonyl (C=O) groups is 1. The van der Waals surface area contributed by atoms with Crippen molar-refractivity contribution in [2.45, 2.75) is 34.6 Å². The van der Waals surface area contributed by atoms with E-state index in [2.05, 4.69) is 51.7 Å². The first-order valence-corrected chi connectivity index (χ1v) is 13.7. The number of ether oxygens (including phenoxy) is 1. The number of nitrogens with two attached hydrogens (primary N) is 1. The Labute approximate surface area is 260 Å². The van der Waals surface area contributed by atoms with Crippen molar-refractivity contribution in [3.8, 4) is 17.1 Å². The number of hydrogen-bond acceptors (Lipinski definition) is 6. The lowest BCUT2D eigenvalue weighted by atomic mass is 10.2. The molecule has 0 spiro atoms. The molecule has 4 aromatic carbocycles. The Balaban J connectivity index is 0.000000238. The molecule has 43 heavy (non-hydrogen) atoms. The Morgan fingerprint density at radius 3 is 1.95 bits per heavy atom. The van der Waals surface area contributed by atoms with Gasteiger partial charge in [0.1, 0.15) is 5.82 Å². The maximum Gasteiger partial charge on any atom is 0.279 e. The molecular formula is C34H39ClN6O2. The van der Waals surface area contributed by atoms with Crippen LogP contribution < -0.4 is 11.3 Å². The second kappa shape index (κ2) is 17.9. The zero-order valence-corrected chi connectivity index (χ0v) is 26.0. The van der Waals surface area contributed by atoms with Crippen LogP contribution >= 0.6 is 12.4 Å². The van der Waals surface area contributed by atoms with Crippen molar-refractivity contribution in [2.75, 3.05) is 12.0 Å². The molecular weight excluding hydrogens is 560 g/mol. The topological polar surface area (TPSA) is 107 Å². The van der Waals surface area contributed by atoms with Gasteiger partial charge >= 0.3 is 0 Å². The minimum atomic E-state index is -0.267. The van der Waals surface area contributed by atoms with E-state index in [9.17, 15) is 4.79 Å². The molecule has 5 rings (SSSR count). The maximum absolute atomic E-state index is 11.5. The smallest absolute Gasteiger partial charge is 0.279 e. The molecule has 0 aliphatic heterocycles. The molecule has 0 atom stereocenters. The van der Waals surface area contributed by atoms with Crippen molar-refractivity contribution in [2.24, 2.45) is 10.8 Å². The Kier molecular flexibility index (Phi) is 14.3. The van der Waals surface area contributed by atoms with Crippen molar-refractivity contribution in [1.82, 2.24) is 14.8 Å². The molecule has 1 heterocycles. The Morgan fingerprint density at radius 1 is 0.837 bits per heavy atom. The number of carbonyl (C=O) groups excluding carboxylic acids is 1. The van der Waals surface area contributed by atoms with Crippen molar-refractivity contribution < 1.29 is 9.53 Å². The number of halogens is 1. The molecule has 0 fully saturated rings. The minimum absolute atomic E-state index is 0. The van der Waals surface area contributed by atoms with E-state index >= 15 is 0 Å². The molecule has 0 saturated carbocycles. The predicted molar refractivity (Wildman–Crippen MR) is 178 cm³/mol. The molecule has 8 nitrogen and oxygen atoms in total. The first-order valence-electron chi connectivity index (χ1n) is 13.7. The highest BCUT2D eigenvalue weighted by molar-refractivity contribution is 6.01. The normalized spacial score (nSPS) is 10.2. The van der Waals surface area contributed by atoms with Gasteiger partial charge in [-0.3, -0.25) is 10.6 Å². The molecule has 5 aromatic rings. The summed E-state index contributed by atoms with van der Waals surface area (Å²) in [7, 11) is 0. The lowest BCUT2D eigenvalue weighted by Crippen LogP contribution is -2.07. The summed E-state index contributed by atoms with van der Waals surface area (Å²) in [6.07, 6.45) is 0. The third kappa shape index (κ3) is 10.5. The summed E-state index contributed by atoms with van der Waals surface area (Å²) in [6.45, 7) is 10.1. The molecule has 0 unspecified atom stereocenters. The number of hydrogen-bond donors (Lipinski definition) is 2. The van der Waals surface area contributed by atoms with E-state index in [1.807, 2.05) is 86.1 Å².